The Morgan fingerprint density at radius 1 is 1.36 bits per heavy atom. The average Bonchev–Trinajstić information content (AvgIpc) is 2.16. The molecule has 0 bridgehead atoms. The Hall–Kier alpha value is -0.863. The van der Waals surface area contributed by atoms with Gasteiger partial charge in [0.1, 0.15) is 0 Å². The molecule has 0 unspecified atom stereocenters. The molecule has 0 fully saturated rings. The number of hydrogen-bond donors (Lipinski definition) is 0. The van der Waals surface area contributed by atoms with Crippen molar-refractivity contribution in [2.45, 2.75) is 13.5 Å². The number of hydrogen-bond acceptors (Lipinski definition) is 1. The molecule has 0 amide bonds. The molecule has 0 aromatic heterocycles. The maximum atomic E-state index is 3.97. The summed E-state index contributed by atoms with van der Waals surface area (Å²) in [5, 5.41) is 1.44. The molecule has 75 valence electrons. The molecule has 0 saturated heterocycles. The summed E-state index contributed by atoms with van der Waals surface area (Å²) in [5.41, 5.74) is 2.40. The standard InChI is InChI=1S/C12H18NSi/c1-10(2)11-7-6-8-12(9-11)14(5)13(3)4/h6-9H,1H2,2-5H3. The number of nitrogens with zero attached hydrogens (tertiary/aromatic N) is 1. The second-order valence-corrected chi connectivity index (χ2v) is 6.48. The summed E-state index contributed by atoms with van der Waals surface area (Å²) < 4.78 is 2.31. The molecule has 0 heterocycles. The number of benzene rings is 1. The Kier molecular flexibility index (Phi) is 3.67. The molecule has 0 aliphatic rings. The molecule has 1 aromatic carbocycles. The molecule has 1 aromatic rings. The first-order chi connectivity index (χ1) is 6.52. The fourth-order valence-electron chi connectivity index (χ4n) is 1.27. The molecule has 14 heavy (non-hydrogen) atoms. The summed E-state index contributed by atoms with van der Waals surface area (Å²) >= 11 is 0. The van der Waals surface area contributed by atoms with Crippen molar-refractivity contribution in [1.29, 1.82) is 0 Å². The van der Waals surface area contributed by atoms with Crippen LogP contribution in [0.3, 0.4) is 0 Å². The molecule has 1 nitrogen and oxygen atoms in total. The lowest BCUT2D eigenvalue weighted by molar-refractivity contribution is 0.653. The third-order valence-corrected chi connectivity index (χ3v) is 4.93. The van der Waals surface area contributed by atoms with Crippen molar-refractivity contribution in [3.63, 3.8) is 0 Å². The maximum Gasteiger partial charge on any atom is 0.168 e. The minimum atomic E-state index is -0.547. The number of allylic oxidation sites excluding steroid dienone is 1. The normalized spacial score (nSPS) is 11.0. The van der Waals surface area contributed by atoms with E-state index in [4.69, 9.17) is 0 Å². The van der Waals surface area contributed by atoms with E-state index >= 15 is 0 Å². The van der Waals surface area contributed by atoms with Gasteiger partial charge in [-0.1, -0.05) is 43.0 Å². The Morgan fingerprint density at radius 3 is 2.50 bits per heavy atom. The van der Waals surface area contributed by atoms with Gasteiger partial charge in [-0.15, -0.1) is 0 Å². The molecule has 1 rings (SSSR count). The maximum absolute atomic E-state index is 3.97. The molecule has 1 radical (unpaired) electrons. The van der Waals surface area contributed by atoms with Crippen molar-refractivity contribution in [3.05, 3.63) is 36.4 Å². The molecular weight excluding hydrogens is 186 g/mol. The Balaban J connectivity index is 2.99. The highest BCUT2D eigenvalue weighted by Gasteiger charge is 2.10. The quantitative estimate of drug-likeness (QED) is 0.682. The molecule has 2 heteroatoms. The molecule has 0 N–H and O–H groups in total. The van der Waals surface area contributed by atoms with E-state index < -0.39 is 8.96 Å². The first-order valence-electron chi connectivity index (χ1n) is 4.79. The van der Waals surface area contributed by atoms with Gasteiger partial charge in [0.25, 0.3) is 0 Å². The van der Waals surface area contributed by atoms with E-state index in [2.05, 4.69) is 63.0 Å². The van der Waals surface area contributed by atoms with Crippen LogP contribution in [-0.2, 0) is 0 Å². The van der Waals surface area contributed by atoms with Gasteiger partial charge in [-0.25, -0.2) is 0 Å². The van der Waals surface area contributed by atoms with Gasteiger partial charge in [0.05, 0.1) is 0 Å². The summed E-state index contributed by atoms with van der Waals surface area (Å²) in [6, 6.07) is 8.71. The van der Waals surface area contributed by atoms with E-state index in [0.29, 0.717) is 0 Å². The van der Waals surface area contributed by atoms with Crippen LogP contribution in [-0.4, -0.2) is 27.6 Å². The Morgan fingerprint density at radius 2 is 2.00 bits per heavy atom. The van der Waals surface area contributed by atoms with E-state index in [0.717, 1.165) is 5.57 Å². The van der Waals surface area contributed by atoms with Crippen molar-refractivity contribution < 1.29 is 0 Å². The topological polar surface area (TPSA) is 3.24 Å². The summed E-state index contributed by atoms with van der Waals surface area (Å²) in [5.74, 6) is 0. The minimum absolute atomic E-state index is 0.547. The predicted molar refractivity (Wildman–Crippen MR) is 66.1 cm³/mol. The fourth-order valence-corrected chi connectivity index (χ4v) is 2.49. The lowest BCUT2D eigenvalue weighted by Gasteiger charge is -2.18. The zero-order valence-electron chi connectivity index (χ0n) is 9.46. The molecule has 0 aliphatic heterocycles. The van der Waals surface area contributed by atoms with Gasteiger partial charge in [0.2, 0.25) is 0 Å². The summed E-state index contributed by atoms with van der Waals surface area (Å²) in [6.07, 6.45) is 0. The summed E-state index contributed by atoms with van der Waals surface area (Å²) in [7, 11) is 3.73. The Bertz CT molecular complexity index is 331. The monoisotopic (exact) mass is 204 g/mol. The zero-order chi connectivity index (χ0) is 10.7. The third-order valence-electron chi connectivity index (χ3n) is 2.44. The zero-order valence-corrected chi connectivity index (χ0v) is 10.5. The van der Waals surface area contributed by atoms with Crippen molar-refractivity contribution in [1.82, 2.24) is 4.57 Å². The lowest BCUT2D eigenvalue weighted by atomic mass is 10.1. The van der Waals surface area contributed by atoms with Crippen molar-refractivity contribution in [2.24, 2.45) is 0 Å². The second kappa shape index (κ2) is 4.58. The van der Waals surface area contributed by atoms with E-state index in [1.807, 2.05) is 0 Å². The van der Waals surface area contributed by atoms with Gasteiger partial charge in [0, 0.05) is 0 Å². The van der Waals surface area contributed by atoms with Gasteiger partial charge < -0.3 is 4.57 Å². The van der Waals surface area contributed by atoms with Crippen LogP contribution in [0.1, 0.15) is 12.5 Å². The molecule has 0 saturated carbocycles. The van der Waals surface area contributed by atoms with Crippen LogP contribution in [0.4, 0.5) is 0 Å². The van der Waals surface area contributed by atoms with Crippen LogP contribution in [0.2, 0.25) is 6.55 Å². The Labute approximate surface area is 88.7 Å². The van der Waals surface area contributed by atoms with Crippen molar-refractivity contribution >= 4 is 19.7 Å². The van der Waals surface area contributed by atoms with Crippen LogP contribution < -0.4 is 5.19 Å². The third kappa shape index (κ3) is 2.56. The largest absolute Gasteiger partial charge is 0.326 e. The van der Waals surface area contributed by atoms with E-state index in [-0.39, 0.29) is 0 Å². The fraction of sp³-hybridized carbons (Fsp3) is 0.333. The van der Waals surface area contributed by atoms with Crippen LogP contribution in [0.25, 0.3) is 5.57 Å². The van der Waals surface area contributed by atoms with Gasteiger partial charge in [-0.3, -0.25) is 0 Å². The highest BCUT2D eigenvalue weighted by molar-refractivity contribution is 6.69. The lowest BCUT2D eigenvalue weighted by Crippen LogP contribution is -2.41. The highest BCUT2D eigenvalue weighted by Crippen LogP contribution is 2.09. The SMILES string of the molecule is C=C(C)c1cccc([Si](C)N(C)C)c1. The smallest absolute Gasteiger partial charge is 0.168 e. The van der Waals surface area contributed by atoms with E-state index in [9.17, 15) is 0 Å². The van der Waals surface area contributed by atoms with Crippen LogP contribution in [0.15, 0.2) is 30.8 Å². The van der Waals surface area contributed by atoms with E-state index in [1.165, 1.54) is 10.8 Å². The number of rotatable bonds is 3. The van der Waals surface area contributed by atoms with Crippen LogP contribution >= 0.6 is 0 Å². The minimum Gasteiger partial charge on any atom is -0.326 e. The first kappa shape index (κ1) is 11.2. The van der Waals surface area contributed by atoms with Crippen LogP contribution in [0.5, 0.6) is 0 Å². The van der Waals surface area contributed by atoms with Crippen LogP contribution in [0, 0.1) is 0 Å². The first-order valence-corrected chi connectivity index (χ1v) is 6.74. The van der Waals surface area contributed by atoms with Gasteiger partial charge >= 0.3 is 0 Å². The summed E-state index contributed by atoms with van der Waals surface area (Å²) in [4.78, 5) is 0. The molecule has 0 atom stereocenters. The molecule has 0 aliphatic carbocycles. The molecule has 0 spiro atoms. The van der Waals surface area contributed by atoms with Crippen molar-refractivity contribution in [2.75, 3.05) is 14.1 Å². The summed E-state index contributed by atoms with van der Waals surface area (Å²) in [6.45, 7) is 8.33. The second-order valence-electron chi connectivity index (χ2n) is 3.84. The van der Waals surface area contributed by atoms with Gasteiger partial charge in [0.15, 0.2) is 8.96 Å². The average molecular weight is 204 g/mol. The highest BCUT2D eigenvalue weighted by atomic mass is 28.3. The predicted octanol–water partition coefficient (Wildman–Crippen LogP) is 2.11. The van der Waals surface area contributed by atoms with Gasteiger partial charge in [-0.2, -0.15) is 0 Å². The van der Waals surface area contributed by atoms with Crippen molar-refractivity contribution in [3.8, 4) is 0 Å². The van der Waals surface area contributed by atoms with E-state index in [1.54, 1.807) is 0 Å². The molecular formula is C12H18NSi. The van der Waals surface area contributed by atoms with Gasteiger partial charge in [-0.05, 0) is 31.8 Å².